The van der Waals surface area contributed by atoms with Crippen molar-refractivity contribution in [3.63, 3.8) is 0 Å². The Balaban J connectivity index is 3.35. The van der Waals surface area contributed by atoms with Crippen molar-refractivity contribution in [3.8, 4) is 0 Å². The molecule has 0 saturated carbocycles. The summed E-state index contributed by atoms with van der Waals surface area (Å²) in [5.41, 5.74) is 0.497. The maximum absolute atomic E-state index is 12.1. The summed E-state index contributed by atoms with van der Waals surface area (Å²) in [6.07, 6.45) is 0. The van der Waals surface area contributed by atoms with E-state index >= 15 is 0 Å². The van der Waals surface area contributed by atoms with Crippen molar-refractivity contribution < 1.29 is 23.2 Å². The molecule has 1 N–H and O–H groups in total. The minimum absolute atomic E-state index is 0.0342. The normalized spacial score (nSPS) is 12.1. The van der Waals surface area contributed by atoms with Crippen LogP contribution in [0.4, 0.5) is 0 Å². The third-order valence-electron chi connectivity index (χ3n) is 2.45. The lowest BCUT2D eigenvalue weighted by Crippen LogP contribution is -2.26. The molecule has 102 valence electrons. The summed E-state index contributed by atoms with van der Waals surface area (Å²) in [5.74, 6) is -1.09. The summed E-state index contributed by atoms with van der Waals surface area (Å²) < 4.78 is 26.0. The second kappa shape index (κ2) is 5.04. The number of rotatable bonds is 5. The number of carbonyl (C=O) groups is 1. The maximum atomic E-state index is 12.1. The van der Waals surface area contributed by atoms with E-state index in [0.717, 1.165) is 4.68 Å². The van der Waals surface area contributed by atoms with Crippen LogP contribution in [0.5, 0.6) is 0 Å². The molecule has 0 atom stereocenters. The molecule has 8 nitrogen and oxygen atoms in total. The molecular formula is C9H15N3O5S. The van der Waals surface area contributed by atoms with Crippen molar-refractivity contribution in [1.82, 2.24) is 14.2 Å². The fourth-order valence-corrected chi connectivity index (χ4v) is 2.91. The maximum Gasteiger partial charge on any atom is 0.325 e. The van der Waals surface area contributed by atoms with Gasteiger partial charge in [-0.2, -0.15) is 5.10 Å². The fraction of sp³-hybridized carbons (Fsp3) is 0.556. The summed E-state index contributed by atoms with van der Waals surface area (Å²) in [6, 6.07) is 0. The molecule has 18 heavy (non-hydrogen) atoms. The Morgan fingerprint density at radius 1 is 1.50 bits per heavy atom. The minimum atomic E-state index is -3.83. The summed E-state index contributed by atoms with van der Waals surface area (Å²) >= 11 is 0. The second-order valence-corrected chi connectivity index (χ2v) is 5.52. The van der Waals surface area contributed by atoms with E-state index in [0.29, 0.717) is 4.47 Å². The molecule has 0 unspecified atom stereocenters. The quantitative estimate of drug-likeness (QED) is 0.746. The molecule has 1 aromatic heterocycles. The highest BCUT2D eigenvalue weighted by Gasteiger charge is 2.29. The van der Waals surface area contributed by atoms with Crippen LogP contribution < -0.4 is 0 Å². The first kappa shape index (κ1) is 14.6. The first-order valence-corrected chi connectivity index (χ1v) is 6.44. The van der Waals surface area contributed by atoms with Crippen LogP contribution in [0.15, 0.2) is 4.90 Å². The van der Waals surface area contributed by atoms with E-state index in [-0.39, 0.29) is 22.8 Å². The standard InChI is InChI=1S/C9H15N3O5S/c1-6-9(18(15,16)11(3)17-4)7(2)12(10-6)5-8(13)14/h5H2,1-4H3,(H,13,14). The predicted octanol–water partition coefficient (Wildman–Crippen LogP) is -0.234. The minimum Gasteiger partial charge on any atom is -0.480 e. The van der Waals surface area contributed by atoms with Crippen LogP contribution in [-0.2, 0) is 26.2 Å². The lowest BCUT2D eigenvalue weighted by molar-refractivity contribution is -0.137. The summed E-state index contributed by atoms with van der Waals surface area (Å²) in [4.78, 5) is 15.3. The summed E-state index contributed by atoms with van der Waals surface area (Å²) in [7, 11) is -1.35. The van der Waals surface area contributed by atoms with Crippen molar-refractivity contribution in [2.45, 2.75) is 25.3 Å². The zero-order chi connectivity index (χ0) is 14.1. The highest BCUT2D eigenvalue weighted by Crippen LogP contribution is 2.22. The van der Waals surface area contributed by atoms with E-state index in [1.54, 1.807) is 0 Å². The van der Waals surface area contributed by atoms with E-state index < -0.39 is 16.0 Å². The number of carboxylic acid groups (broad SMARTS) is 1. The van der Waals surface area contributed by atoms with Crippen LogP contribution >= 0.6 is 0 Å². The van der Waals surface area contributed by atoms with E-state index in [1.807, 2.05) is 0 Å². The Morgan fingerprint density at radius 2 is 2.06 bits per heavy atom. The average molecular weight is 277 g/mol. The van der Waals surface area contributed by atoms with Crippen LogP contribution in [0.25, 0.3) is 0 Å². The Morgan fingerprint density at radius 3 is 2.50 bits per heavy atom. The largest absolute Gasteiger partial charge is 0.480 e. The third kappa shape index (κ3) is 2.52. The Labute approximate surface area is 105 Å². The molecule has 0 saturated heterocycles. The molecule has 1 rings (SSSR count). The smallest absolute Gasteiger partial charge is 0.325 e. The van der Waals surface area contributed by atoms with E-state index in [9.17, 15) is 13.2 Å². The average Bonchev–Trinajstić information content (AvgIpc) is 2.52. The topological polar surface area (TPSA) is 102 Å². The van der Waals surface area contributed by atoms with Gasteiger partial charge in [-0.15, -0.1) is 0 Å². The van der Waals surface area contributed by atoms with Crippen LogP contribution in [0.3, 0.4) is 0 Å². The Hall–Kier alpha value is -1.45. The number of hydrogen-bond donors (Lipinski definition) is 1. The molecule has 0 fully saturated rings. The van der Waals surface area contributed by atoms with Gasteiger partial charge in [0.2, 0.25) is 0 Å². The number of hydrogen-bond acceptors (Lipinski definition) is 5. The third-order valence-corrected chi connectivity index (χ3v) is 4.39. The first-order valence-electron chi connectivity index (χ1n) is 5.00. The second-order valence-electron chi connectivity index (χ2n) is 3.65. The first-order chi connectivity index (χ1) is 8.21. The molecule has 0 aliphatic carbocycles. The highest BCUT2D eigenvalue weighted by molar-refractivity contribution is 7.89. The van der Waals surface area contributed by atoms with E-state index in [2.05, 4.69) is 9.94 Å². The van der Waals surface area contributed by atoms with Crippen molar-refractivity contribution in [1.29, 1.82) is 0 Å². The molecule has 9 heteroatoms. The lowest BCUT2D eigenvalue weighted by atomic mass is 10.4. The molecule has 0 aliphatic rings. The highest BCUT2D eigenvalue weighted by atomic mass is 32.2. The SMILES string of the molecule is CON(C)S(=O)(=O)c1c(C)nn(CC(=O)O)c1C. The van der Waals surface area contributed by atoms with Gasteiger partial charge >= 0.3 is 5.97 Å². The molecule has 1 heterocycles. The summed E-state index contributed by atoms with van der Waals surface area (Å²) in [6.45, 7) is 2.61. The number of sulfonamides is 1. The number of aromatic nitrogens is 2. The van der Waals surface area contributed by atoms with Crippen molar-refractivity contribution in [3.05, 3.63) is 11.4 Å². The number of nitrogens with zero attached hydrogens (tertiary/aromatic N) is 3. The van der Waals surface area contributed by atoms with Gasteiger partial charge in [0, 0.05) is 7.05 Å². The molecular weight excluding hydrogens is 262 g/mol. The molecule has 0 radical (unpaired) electrons. The molecule has 0 aromatic carbocycles. The van der Waals surface area contributed by atoms with E-state index in [1.165, 1.54) is 28.0 Å². The van der Waals surface area contributed by atoms with Gasteiger partial charge < -0.3 is 5.11 Å². The van der Waals surface area contributed by atoms with Crippen molar-refractivity contribution in [2.24, 2.45) is 0 Å². The zero-order valence-electron chi connectivity index (χ0n) is 10.5. The number of aliphatic carboxylic acids is 1. The number of hydroxylamine groups is 1. The van der Waals surface area contributed by atoms with E-state index in [4.69, 9.17) is 5.11 Å². The molecule has 1 aromatic rings. The summed E-state index contributed by atoms with van der Waals surface area (Å²) in [5, 5.41) is 12.6. The van der Waals surface area contributed by atoms with Gasteiger partial charge in [-0.3, -0.25) is 14.3 Å². The van der Waals surface area contributed by atoms with Gasteiger partial charge in [0.05, 0.1) is 18.5 Å². The zero-order valence-corrected chi connectivity index (χ0v) is 11.4. The van der Waals surface area contributed by atoms with Gasteiger partial charge in [0.1, 0.15) is 11.4 Å². The van der Waals surface area contributed by atoms with Gasteiger partial charge in [-0.25, -0.2) is 8.42 Å². The fourth-order valence-electron chi connectivity index (χ4n) is 1.56. The Bertz CT molecular complexity index is 563. The molecule has 0 bridgehead atoms. The van der Waals surface area contributed by atoms with Crippen LogP contribution in [-0.4, -0.2) is 47.9 Å². The van der Waals surface area contributed by atoms with Gasteiger partial charge in [0.25, 0.3) is 10.0 Å². The molecule has 0 spiro atoms. The van der Waals surface area contributed by atoms with Gasteiger partial charge in [-0.05, 0) is 13.8 Å². The van der Waals surface area contributed by atoms with Crippen LogP contribution in [0, 0.1) is 13.8 Å². The van der Waals surface area contributed by atoms with Crippen LogP contribution in [0.1, 0.15) is 11.4 Å². The van der Waals surface area contributed by atoms with Crippen molar-refractivity contribution >= 4 is 16.0 Å². The van der Waals surface area contributed by atoms with Crippen LogP contribution in [0.2, 0.25) is 0 Å². The number of carboxylic acids is 1. The Kier molecular flexibility index (Phi) is 4.09. The van der Waals surface area contributed by atoms with Gasteiger partial charge in [0.15, 0.2) is 0 Å². The van der Waals surface area contributed by atoms with Gasteiger partial charge in [-0.1, -0.05) is 4.47 Å². The molecule has 0 amide bonds. The lowest BCUT2D eigenvalue weighted by Gasteiger charge is -2.14. The monoisotopic (exact) mass is 277 g/mol. The molecule has 0 aliphatic heterocycles. The predicted molar refractivity (Wildman–Crippen MR) is 61.3 cm³/mol. The number of aryl methyl sites for hydroxylation is 1. The van der Waals surface area contributed by atoms with Crippen molar-refractivity contribution in [2.75, 3.05) is 14.2 Å².